The Kier molecular flexibility index (Phi) is 2.67. The highest BCUT2D eigenvalue weighted by Gasteiger charge is 2.26. The van der Waals surface area contributed by atoms with E-state index in [1.807, 2.05) is 48.5 Å². The van der Waals surface area contributed by atoms with Crippen LogP contribution in [-0.4, -0.2) is 5.11 Å². The first-order valence-electron chi connectivity index (χ1n) is 5.81. The van der Waals surface area contributed by atoms with Crippen molar-refractivity contribution < 1.29 is 9.84 Å². The van der Waals surface area contributed by atoms with Crippen molar-refractivity contribution >= 4 is 0 Å². The fourth-order valence-corrected chi connectivity index (χ4v) is 2.30. The number of aliphatic hydroxyl groups is 1. The van der Waals surface area contributed by atoms with Crippen LogP contribution in [0.15, 0.2) is 54.6 Å². The molecule has 1 heterocycles. The van der Waals surface area contributed by atoms with Gasteiger partial charge in [0.15, 0.2) is 6.29 Å². The SMILES string of the molecule is O[C@@H]1O[C@H](c2ccccc2)Cc2ccccc21. The molecule has 1 N–H and O–H groups in total. The second-order valence-corrected chi connectivity index (χ2v) is 4.29. The summed E-state index contributed by atoms with van der Waals surface area (Å²) >= 11 is 0. The van der Waals surface area contributed by atoms with Crippen LogP contribution in [0.5, 0.6) is 0 Å². The summed E-state index contributed by atoms with van der Waals surface area (Å²) in [6.07, 6.45) is -0.0525. The van der Waals surface area contributed by atoms with Gasteiger partial charge in [0.2, 0.25) is 0 Å². The molecule has 2 atom stereocenters. The average molecular weight is 226 g/mol. The van der Waals surface area contributed by atoms with E-state index in [2.05, 4.69) is 6.07 Å². The quantitative estimate of drug-likeness (QED) is 0.810. The van der Waals surface area contributed by atoms with E-state index in [-0.39, 0.29) is 6.10 Å². The fraction of sp³-hybridized carbons (Fsp3) is 0.200. The van der Waals surface area contributed by atoms with Crippen molar-refractivity contribution in [3.8, 4) is 0 Å². The van der Waals surface area contributed by atoms with E-state index in [1.165, 1.54) is 5.56 Å². The third kappa shape index (κ3) is 1.97. The number of aliphatic hydroxyl groups excluding tert-OH is 1. The maximum absolute atomic E-state index is 9.97. The molecule has 2 aromatic carbocycles. The van der Waals surface area contributed by atoms with Gasteiger partial charge in [-0.15, -0.1) is 0 Å². The van der Waals surface area contributed by atoms with E-state index in [0.717, 1.165) is 17.5 Å². The first kappa shape index (κ1) is 10.5. The Morgan fingerprint density at radius 3 is 2.47 bits per heavy atom. The largest absolute Gasteiger partial charge is 0.364 e. The minimum atomic E-state index is -0.815. The molecule has 0 bridgehead atoms. The molecule has 17 heavy (non-hydrogen) atoms. The van der Waals surface area contributed by atoms with Crippen molar-refractivity contribution in [3.63, 3.8) is 0 Å². The Hall–Kier alpha value is -1.64. The average Bonchev–Trinajstić information content (AvgIpc) is 2.40. The molecular weight excluding hydrogens is 212 g/mol. The van der Waals surface area contributed by atoms with Crippen molar-refractivity contribution in [2.45, 2.75) is 18.8 Å². The fourth-order valence-electron chi connectivity index (χ4n) is 2.30. The van der Waals surface area contributed by atoms with Crippen LogP contribution in [0.4, 0.5) is 0 Å². The number of hydrogen-bond acceptors (Lipinski definition) is 2. The standard InChI is InChI=1S/C15H14O2/c16-15-13-9-5-4-8-12(13)10-14(17-15)11-6-2-1-3-7-11/h1-9,14-16H,10H2/t14-,15+/m0/s1. The second-order valence-electron chi connectivity index (χ2n) is 4.29. The van der Waals surface area contributed by atoms with Crippen LogP contribution in [0.25, 0.3) is 0 Å². The molecule has 0 radical (unpaired) electrons. The molecule has 86 valence electrons. The molecule has 2 nitrogen and oxygen atoms in total. The molecule has 3 rings (SSSR count). The van der Waals surface area contributed by atoms with E-state index >= 15 is 0 Å². The van der Waals surface area contributed by atoms with Crippen molar-refractivity contribution in [2.75, 3.05) is 0 Å². The highest BCUT2D eigenvalue weighted by atomic mass is 16.6. The van der Waals surface area contributed by atoms with Gasteiger partial charge in [0.25, 0.3) is 0 Å². The zero-order chi connectivity index (χ0) is 11.7. The van der Waals surface area contributed by atoms with Crippen LogP contribution in [-0.2, 0) is 11.2 Å². The van der Waals surface area contributed by atoms with Crippen molar-refractivity contribution in [2.24, 2.45) is 0 Å². The van der Waals surface area contributed by atoms with Gasteiger partial charge in [0, 0.05) is 12.0 Å². The lowest BCUT2D eigenvalue weighted by Gasteiger charge is -2.29. The molecule has 1 aliphatic heterocycles. The third-order valence-electron chi connectivity index (χ3n) is 3.19. The summed E-state index contributed by atoms with van der Waals surface area (Å²) in [6.45, 7) is 0. The van der Waals surface area contributed by atoms with Crippen molar-refractivity contribution in [1.29, 1.82) is 0 Å². The van der Waals surface area contributed by atoms with Gasteiger partial charge in [-0.1, -0.05) is 54.6 Å². The maximum Gasteiger partial charge on any atom is 0.182 e. The van der Waals surface area contributed by atoms with Crippen molar-refractivity contribution in [3.05, 3.63) is 71.3 Å². The number of benzene rings is 2. The lowest BCUT2D eigenvalue weighted by Crippen LogP contribution is -2.19. The first-order valence-corrected chi connectivity index (χ1v) is 5.81. The predicted molar refractivity (Wildman–Crippen MR) is 65.4 cm³/mol. The topological polar surface area (TPSA) is 29.5 Å². The monoisotopic (exact) mass is 226 g/mol. The molecule has 0 amide bonds. The molecule has 0 unspecified atom stereocenters. The maximum atomic E-state index is 9.97. The Morgan fingerprint density at radius 1 is 0.941 bits per heavy atom. The minimum Gasteiger partial charge on any atom is -0.364 e. The molecule has 1 aliphatic rings. The van der Waals surface area contributed by atoms with Crippen LogP contribution in [0.3, 0.4) is 0 Å². The summed E-state index contributed by atoms with van der Waals surface area (Å²) in [6, 6.07) is 17.9. The van der Waals surface area contributed by atoms with Gasteiger partial charge in [-0.2, -0.15) is 0 Å². The predicted octanol–water partition coefficient (Wildman–Crippen LogP) is 2.99. The van der Waals surface area contributed by atoms with Gasteiger partial charge >= 0.3 is 0 Å². The highest BCUT2D eigenvalue weighted by molar-refractivity contribution is 5.32. The van der Waals surface area contributed by atoms with Gasteiger partial charge in [0.05, 0.1) is 6.10 Å². The normalized spacial score (nSPS) is 23.1. The molecule has 0 aromatic heterocycles. The third-order valence-corrected chi connectivity index (χ3v) is 3.19. The van der Waals surface area contributed by atoms with Crippen LogP contribution in [0, 0.1) is 0 Å². The molecule has 0 fully saturated rings. The molecule has 0 saturated carbocycles. The van der Waals surface area contributed by atoms with Gasteiger partial charge < -0.3 is 9.84 Å². The Morgan fingerprint density at radius 2 is 1.65 bits per heavy atom. The van der Waals surface area contributed by atoms with Crippen LogP contribution in [0.1, 0.15) is 29.1 Å². The molecule has 2 aromatic rings. The van der Waals surface area contributed by atoms with E-state index in [0.29, 0.717) is 0 Å². The smallest absolute Gasteiger partial charge is 0.182 e. The van der Waals surface area contributed by atoms with E-state index in [1.54, 1.807) is 0 Å². The van der Waals surface area contributed by atoms with Crippen molar-refractivity contribution in [1.82, 2.24) is 0 Å². The minimum absolute atomic E-state index is 0.0545. The zero-order valence-corrected chi connectivity index (χ0v) is 9.41. The molecule has 0 aliphatic carbocycles. The van der Waals surface area contributed by atoms with Gasteiger partial charge in [-0.25, -0.2) is 0 Å². The lowest BCUT2D eigenvalue weighted by atomic mass is 9.94. The molecule has 0 spiro atoms. The molecule has 2 heteroatoms. The second kappa shape index (κ2) is 4.32. The van der Waals surface area contributed by atoms with Gasteiger partial charge in [-0.05, 0) is 11.1 Å². The van der Waals surface area contributed by atoms with Crippen LogP contribution in [0.2, 0.25) is 0 Å². The number of ether oxygens (including phenoxy) is 1. The van der Waals surface area contributed by atoms with Gasteiger partial charge in [0.1, 0.15) is 0 Å². The van der Waals surface area contributed by atoms with E-state index < -0.39 is 6.29 Å². The van der Waals surface area contributed by atoms with Crippen LogP contribution >= 0.6 is 0 Å². The Balaban J connectivity index is 1.94. The zero-order valence-electron chi connectivity index (χ0n) is 9.41. The number of fused-ring (bicyclic) bond motifs is 1. The molecule has 0 saturated heterocycles. The van der Waals surface area contributed by atoms with E-state index in [9.17, 15) is 5.11 Å². The van der Waals surface area contributed by atoms with Gasteiger partial charge in [-0.3, -0.25) is 0 Å². The Bertz CT molecular complexity index is 507. The summed E-state index contributed by atoms with van der Waals surface area (Å²) in [5.41, 5.74) is 3.17. The Labute approximate surface area is 100 Å². The van der Waals surface area contributed by atoms with Crippen LogP contribution < -0.4 is 0 Å². The summed E-state index contributed by atoms with van der Waals surface area (Å²) in [4.78, 5) is 0. The summed E-state index contributed by atoms with van der Waals surface area (Å²) in [5, 5.41) is 9.97. The number of hydrogen-bond donors (Lipinski definition) is 1. The molecular formula is C15H14O2. The summed E-state index contributed by atoms with van der Waals surface area (Å²) in [5.74, 6) is 0. The lowest BCUT2D eigenvalue weighted by molar-refractivity contribution is -0.151. The summed E-state index contributed by atoms with van der Waals surface area (Å²) < 4.78 is 5.65. The highest BCUT2D eigenvalue weighted by Crippen LogP contribution is 2.35. The number of rotatable bonds is 1. The van der Waals surface area contributed by atoms with E-state index in [4.69, 9.17) is 4.74 Å². The summed E-state index contributed by atoms with van der Waals surface area (Å²) in [7, 11) is 0. The first-order chi connectivity index (χ1) is 8.34.